The second-order valence-electron chi connectivity index (χ2n) is 6.92. The lowest BCUT2D eigenvalue weighted by Gasteiger charge is -2.42. The summed E-state index contributed by atoms with van der Waals surface area (Å²) in [6, 6.07) is -0.178. The van der Waals surface area contributed by atoms with E-state index in [-0.39, 0.29) is 35.6 Å². The van der Waals surface area contributed by atoms with E-state index in [0.717, 1.165) is 0 Å². The van der Waals surface area contributed by atoms with Crippen molar-refractivity contribution in [3.63, 3.8) is 0 Å². The SMILES string of the molecule is CC(C)(C)OC(=O)N1CC2CC(C(=O)OCCl)CC(C1)C2=O. The van der Waals surface area contributed by atoms with Gasteiger partial charge < -0.3 is 14.4 Å². The summed E-state index contributed by atoms with van der Waals surface area (Å²) in [7, 11) is 0. The van der Waals surface area contributed by atoms with Crippen molar-refractivity contribution in [2.75, 3.05) is 19.2 Å². The van der Waals surface area contributed by atoms with E-state index in [1.807, 2.05) is 0 Å². The van der Waals surface area contributed by atoms with Crippen molar-refractivity contribution in [1.82, 2.24) is 4.90 Å². The third kappa shape index (κ3) is 3.91. The minimum atomic E-state index is -0.569. The number of ether oxygens (including phenoxy) is 2. The fourth-order valence-corrected chi connectivity index (χ4v) is 3.23. The third-order valence-electron chi connectivity index (χ3n) is 4.01. The van der Waals surface area contributed by atoms with E-state index in [0.29, 0.717) is 25.9 Å². The van der Waals surface area contributed by atoms with Gasteiger partial charge in [0.1, 0.15) is 11.4 Å². The molecule has 2 bridgehead atoms. The number of hydrogen-bond donors (Lipinski definition) is 0. The molecule has 0 N–H and O–H groups in total. The third-order valence-corrected chi connectivity index (χ3v) is 4.12. The van der Waals surface area contributed by atoms with Crippen molar-refractivity contribution >= 4 is 29.4 Å². The first-order chi connectivity index (χ1) is 10.2. The molecule has 22 heavy (non-hydrogen) atoms. The van der Waals surface area contributed by atoms with Gasteiger partial charge in [-0.3, -0.25) is 9.59 Å². The summed E-state index contributed by atoms with van der Waals surface area (Å²) in [5.74, 6) is -1.19. The van der Waals surface area contributed by atoms with E-state index >= 15 is 0 Å². The lowest BCUT2D eigenvalue weighted by Crippen LogP contribution is -2.54. The number of ketones is 1. The van der Waals surface area contributed by atoms with Crippen LogP contribution in [0.5, 0.6) is 0 Å². The maximum atomic E-state index is 12.2. The summed E-state index contributed by atoms with van der Waals surface area (Å²) in [6.07, 6.45) is 0.408. The standard InChI is InChI=1S/C15H22ClNO5/c1-15(2,3)22-14(20)17-6-10-4-9(13(19)21-8-16)5-11(7-17)12(10)18/h9-11H,4-8H2,1-3H3. The largest absolute Gasteiger partial charge is 0.449 e. The molecule has 7 heteroatoms. The molecule has 1 aliphatic heterocycles. The number of fused-ring (bicyclic) bond motifs is 2. The van der Waals surface area contributed by atoms with Crippen molar-refractivity contribution in [3.05, 3.63) is 0 Å². The number of rotatable bonds is 2. The number of carbonyl (C=O) groups is 3. The molecule has 6 nitrogen and oxygen atoms in total. The van der Waals surface area contributed by atoms with Crippen molar-refractivity contribution in [3.8, 4) is 0 Å². The van der Waals surface area contributed by atoms with Gasteiger partial charge >= 0.3 is 12.1 Å². The molecule has 1 saturated heterocycles. The van der Waals surface area contributed by atoms with Crippen LogP contribution in [-0.2, 0) is 19.1 Å². The summed E-state index contributed by atoms with van der Waals surface area (Å²) in [4.78, 5) is 37.8. The van der Waals surface area contributed by atoms with E-state index in [1.54, 1.807) is 25.7 Å². The van der Waals surface area contributed by atoms with Gasteiger partial charge in [0.2, 0.25) is 0 Å². The highest BCUT2D eigenvalue weighted by Crippen LogP contribution is 2.36. The molecule has 0 radical (unpaired) electrons. The second kappa shape index (κ2) is 6.44. The van der Waals surface area contributed by atoms with Gasteiger partial charge in [0.15, 0.2) is 6.07 Å². The molecular weight excluding hydrogens is 310 g/mol. The number of piperidine rings is 1. The van der Waals surface area contributed by atoms with Crippen LogP contribution >= 0.6 is 11.6 Å². The van der Waals surface area contributed by atoms with Crippen LogP contribution in [0.3, 0.4) is 0 Å². The van der Waals surface area contributed by atoms with E-state index < -0.39 is 11.7 Å². The van der Waals surface area contributed by atoms with Crippen LogP contribution in [0.1, 0.15) is 33.6 Å². The minimum absolute atomic E-state index is 0.134. The van der Waals surface area contributed by atoms with Crippen LogP contribution in [0.15, 0.2) is 0 Å². The molecule has 2 fully saturated rings. The van der Waals surface area contributed by atoms with Gasteiger partial charge in [-0.15, -0.1) is 0 Å². The van der Waals surface area contributed by atoms with Gasteiger partial charge in [0.05, 0.1) is 5.92 Å². The molecule has 0 aromatic heterocycles. The van der Waals surface area contributed by atoms with E-state index in [4.69, 9.17) is 21.1 Å². The quantitative estimate of drug-likeness (QED) is 0.573. The molecule has 0 aromatic rings. The monoisotopic (exact) mass is 331 g/mol. The number of carbonyl (C=O) groups excluding carboxylic acids is 3. The lowest BCUT2D eigenvalue weighted by molar-refractivity contribution is -0.152. The number of amides is 1. The van der Waals surface area contributed by atoms with Crippen LogP contribution in [0.25, 0.3) is 0 Å². The fourth-order valence-electron chi connectivity index (χ4n) is 3.12. The van der Waals surface area contributed by atoms with Gasteiger partial charge in [-0.25, -0.2) is 4.79 Å². The Morgan fingerprint density at radius 2 is 1.77 bits per heavy atom. The van der Waals surface area contributed by atoms with Crippen LogP contribution in [0.2, 0.25) is 0 Å². The number of halogens is 1. The van der Waals surface area contributed by atoms with Crippen molar-refractivity contribution in [1.29, 1.82) is 0 Å². The van der Waals surface area contributed by atoms with Crippen molar-refractivity contribution in [2.24, 2.45) is 17.8 Å². The normalized spacial score (nSPS) is 28.3. The minimum Gasteiger partial charge on any atom is -0.449 e. The Bertz CT molecular complexity index is 455. The summed E-state index contributed by atoms with van der Waals surface area (Å²) in [5.41, 5.74) is -0.569. The average Bonchev–Trinajstić information content (AvgIpc) is 2.36. The van der Waals surface area contributed by atoms with Crippen LogP contribution in [-0.4, -0.2) is 47.5 Å². The first-order valence-electron chi connectivity index (χ1n) is 7.45. The summed E-state index contributed by atoms with van der Waals surface area (Å²) < 4.78 is 10.2. The maximum Gasteiger partial charge on any atom is 0.410 e. The number of Topliss-reactive ketones (excluding diaryl/α,β-unsaturated/α-hetero) is 1. The Labute approximate surface area is 135 Å². The number of alkyl halides is 1. The van der Waals surface area contributed by atoms with E-state index in [1.165, 1.54) is 0 Å². The number of esters is 1. The van der Waals surface area contributed by atoms with E-state index in [9.17, 15) is 14.4 Å². The number of likely N-dealkylation sites (tertiary alicyclic amines) is 1. The van der Waals surface area contributed by atoms with Gasteiger partial charge in [-0.2, -0.15) is 0 Å². The average molecular weight is 332 g/mol. The highest BCUT2D eigenvalue weighted by atomic mass is 35.5. The Morgan fingerprint density at radius 3 is 2.23 bits per heavy atom. The molecule has 1 amide bonds. The lowest BCUT2D eigenvalue weighted by atomic mass is 9.71. The Hall–Kier alpha value is -1.30. The maximum absolute atomic E-state index is 12.2. The topological polar surface area (TPSA) is 72.9 Å². The highest BCUT2D eigenvalue weighted by molar-refractivity contribution is 6.17. The smallest absolute Gasteiger partial charge is 0.410 e. The second-order valence-corrected chi connectivity index (χ2v) is 7.14. The molecule has 1 aliphatic carbocycles. The molecule has 124 valence electrons. The zero-order valence-corrected chi connectivity index (χ0v) is 13.9. The molecule has 0 aromatic carbocycles. The highest BCUT2D eigenvalue weighted by Gasteiger charge is 2.46. The molecule has 2 aliphatic rings. The molecule has 2 unspecified atom stereocenters. The number of hydrogen-bond acceptors (Lipinski definition) is 5. The molecule has 0 spiro atoms. The van der Waals surface area contributed by atoms with Gasteiger partial charge in [-0.05, 0) is 33.6 Å². The first-order valence-corrected chi connectivity index (χ1v) is 7.99. The first kappa shape index (κ1) is 17.1. The predicted molar refractivity (Wildman–Crippen MR) is 79.3 cm³/mol. The molecule has 2 atom stereocenters. The van der Waals surface area contributed by atoms with Crippen LogP contribution in [0, 0.1) is 17.8 Å². The zero-order chi connectivity index (χ0) is 16.5. The summed E-state index contributed by atoms with van der Waals surface area (Å²) >= 11 is 5.41. The Kier molecular flexibility index (Phi) is 5.00. The summed E-state index contributed by atoms with van der Waals surface area (Å²) in [6.45, 7) is 6.01. The number of nitrogens with zero attached hydrogens (tertiary/aromatic N) is 1. The molecule has 2 rings (SSSR count). The molecule has 1 saturated carbocycles. The summed E-state index contributed by atoms with van der Waals surface area (Å²) in [5, 5.41) is 0. The Balaban J connectivity index is 2.02. The van der Waals surface area contributed by atoms with E-state index in [2.05, 4.69) is 0 Å². The van der Waals surface area contributed by atoms with Crippen LogP contribution < -0.4 is 0 Å². The van der Waals surface area contributed by atoms with Gasteiger partial charge in [-0.1, -0.05) is 11.6 Å². The molecular formula is C15H22ClNO5. The predicted octanol–water partition coefficient (Wildman–Crippen LogP) is 2.19. The Morgan fingerprint density at radius 1 is 1.23 bits per heavy atom. The molecule has 1 heterocycles. The van der Waals surface area contributed by atoms with Gasteiger partial charge in [0.25, 0.3) is 0 Å². The zero-order valence-electron chi connectivity index (χ0n) is 13.1. The van der Waals surface area contributed by atoms with Crippen LogP contribution in [0.4, 0.5) is 4.79 Å². The van der Waals surface area contributed by atoms with Crippen molar-refractivity contribution in [2.45, 2.75) is 39.2 Å². The fraction of sp³-hybridized carbons (Fsp3) is 0.800. The van der Waals surface area contributed by atoms with Gasteiger partial charge in [0, 0.05) is 24.9 Å². The van der Waals surface area contributed by atoms with Crippen molar-refractivity contribution < 1.29 is 23.9 Å².